The first-order chi connectivity index (χ1) is 12.3. The molecule has 0 radical (unpaired) electrons. The molecule has 0 bridgehead atoms. The number of fused-ring (bicyclic) bond motifs is 1. The van der Waals surface area contributed by atoms with Crippen molar-refractivity contribution in [2.45, 2.75) is 63.0 Å². The van der Waals surface area contributed by atoms with Crippen molar-refractivity contribution in [2.75, 3.05) is 19.6 Å². The van der Waals surface area contributed by atoms with Crippen molar-refractivity contribution in [1.82, 2.24) is 10.2 Å². The van der Waals surface area contributed by atoms with Crippen LogP contribution in [0.25, 0.3) is 0 Å². The predicted molar refractivity (Wildman–Crippen MR) is 100 cm³/mol. The average Bonchev–Trinajstić information content (AvgIpc) is 2.69. The molecule has 3 aliphatic rings. The Morgan fingerprint density at radius 2 is 1.72 bits per heavy atom. The average molecular weight is 344 g/mol. The minimum Gasteiger partial charge on any atom is -0.393 e. The molecular formula is C21H32N2O2. The molecule has 1 aliphatic carbocycles. The maximum Gasteiger partial charge on any atom is 0.209 e. The largest absolute Gasteiger partial charge is 0.393 e. The Kier molecular flexibility index (Phi) is 6.88. The zero-order valence-electron chi connectivity index (χ0n) is 15.1. The molecule has 138 valence electrons. The van der Waals surface area contributed by atoms with Crippen LogP contribution < -0.4 is 5.32 Å². The summed E-state index contributed by atoms with van der Waals surface area (Å²) in [5.41, 5.74) is 1.47. The second kappa shape index (κ2) is 9.35. The highest BCUT2D eigenvalue weighted by molar-refractivity contribution is 5.48. The van der Waals surface area contributed by atoms with Crippen LogP contribution >= 0.6 is 0 Å². The molecule has 2 saturated heterocycles. The molecule has 0 aromatic heterocycles. The van der Waals surface area contributed by atoms with Crippen molar-refractivity contribution in [3.63, 3.8) is 0 Å². The molecule has 4 rings (SSSR count). The highest BCUT2D eigenvalue weighted by Crippen LogP contribution is 2.43. The number of nitrogens with zero attached hydrogens (tertiary/aromatic N) is 1. The van der Waals surface area contributed by atoms with E-state index in [0.29, 0.717) is 17.9 Å². The quantitative estimate of drug-likeness (QED) is 0.811. The second-order valence-corrected chi connectivity index (χ2v) is 7.65. The van der Waals surface area contributed by atoms with Gasteiger partial charge in [-0.1, -0.05) is 43.2 Å². The first kappa shape index (κ1) is 18.4. The summed E-state index contributed by atoms with van der Waals surface area (Å²) in [5.74, 6) is 1.34. The van der Waals surface area contributed by atoms with Gasteiger partial charge in [0.1, 0.15) is 0 Å². The van der Waals surface area contributed by atoms with Crippen molar-refractivity contribution in [1.29, 1.82) is 0 Å². The number of hydrogen-bond acceptors (Lipinski definition) is 3. The van der Waals surface area contributed by atoms with Gasteiger partial charge in [0.15, 0.2) is 0 Å². The monoisotopic (exact) mass is 344 g/mol. The van der Waals surface area contributed by atoms with Gasteiger partial charge in [-0.05, 0) is 62.6 Å². The van der Waals surface area contributed by atoms with Gasteiger partial charge in [0.2, 0.25) is 6.41 Å². The molecule has 25 heavy (non-hydrogen) atoms. The molecule has 3 atom stereocenters. The number of rotatable bonds is 2. The van der Waals surface area contributed by atoms with Gasteiger partial charge in [0.05, 0.1) is 6.10 Å². The molecule has 3 fully saturated rings. The van der Waals surface area contributed by atoms with Crippen LogP contribution in [0.5, 0.6) is 0 Å². The van der Waals surface area contributed by atoms with Gasteiger partial charge in [0.25, 0.3) is 0 Å². The zero-order chi connectivity index (χ0) is 17.5. The highest BCUT2D eigenvalue weighted by Gasteiger charge is 2.39. The predicted octanol–water partition coefficient (Wildman–Crippen LogP) is 2.92. The standard InChI is InChI=1S/C16H21NO.C5H11NO/c18-12-17-11-10-14(13-6-2-1-3-7-13)15-8-4-5-9-16(15)17;7-5-1-3-6-4-2-5/h1-3,6-7,12,14-16H,4-5,8-11H2;5-7H,1-4H2/t14?,15-,16?;/m1./s1. The summed E-state index contributed by atoms with van der Waals surface area (Å²) < 4.78 is 0. The Morgan fingerprint density at radius 1 is 1.00 bits per heavy atom. The van der Waals surface area contributed by atoms with E-state index in [2.05, 4.69) is 40.5 Å². The van der Waals surface area contributed by atoms with Crippen molar-refractivity contribution < 1.29 is 9.90 Å². The van der Waals surface area contributed by atoms with E-state index in [9.17, 15) is 4.79 Å². The Labute approximate surface area is 151 Å². The fraction of sp³-hybridized carbons (Fsp3) is 0.667. The molecule has 2 aliphatic heterocycles. The summed E-state index contributed by atoms with van der Waals surface area (Å²) >= 11 is 0. The number of nitrogens with one attached hydrogen (secondary N) is 1. The number of likely N-dealkylation sites (tertiary alicyclic amines) is 1. The third kappa shape index (κ3) is 4.83. The van der Waals surface area contributed by atoms with Gasteiger partial charge < -0.3 is 15.3 Å². The molecule has 2 N–H and O–H groups in total. The van der Waals surface area contributed by atoms with E-state index < -0.39 is 0 Å². The molecule has 4 nitrogen and oxygen atoms in total. The number of amides is 1. The lowest BCUT2D eigenvalue weighted by molar-refractivity contribution is -0.124. The van der Waals surface area contributed by atoms with Crippen LogP contribution in [0, 0.1) is 5.92 Å². The van der Waals surface area contributed by atoms with E-state index in [0.717, 1.165) is 45.3 Å². The van der Waals surface area contributed by atoms with Crippen LogP contribution in [0.15, 0.2) is 30.3 Å². The fourth-order valence-electron chi connectivity index (χ4n) is 4.74. The van der Waals surface area contributed by atoms with E-state index in [1.807, 2.05) is 0 Å². The molecular weight excluding hydrogens is 312 g/mol. The van der Waals surface area contributed by atoms with Gasteiger partial charge >= 0.3 is 0 Å². The minimum atomic E-state index is -0.0266. The topological polar surface area (TPSA) is 52.6 Å². The molecule has 1 amide bonds. The zero-order valence-corrected chi connectivity index (χ0v) is 15.1. The van der Waals surface area contributed by atoms with Gasteiger partial charge in [-0.25, -0.2) is 0 Å². The van der Waals surface area contributed by atoms with Crippen LogP contribution in [0.3, 0.4) is 0 Å². The maximum atomic E-state index is 11.2. The molecule has 4 heteroatoms. The van der Waals surface area contributed by atoms with Crippen LogP contribution in [0.1, 0.15) is 56.4 Å². The van der Waals surface area contributed by atoms with Gasteiger partial charge in [-0.3, -0.25) is 4.79 Å². The first-order valence-corrected chi connectivity index (χ1v) is 9.94. The van der Waals surface area contributed by atoms with Crippen LogP contribution in [-0.4, -0.2) is 48.2 Å². The third-order valence-corrected chi connectivity index (χ3v) is 6.09. The van der Waals surface area contributed by atoms with Gasteiger partial charge in [0, 0.05) is 12.6 Å². The second-order valence-electron chi connectivity index (χ2n) is 7.65. The number of carbonyl (C=O) groups excluding carboxylic acids is 1. The van der Waals surface area contributed by atoms with Crippen molar-refractivity contribution in [3.05, 3.63) is 35.9 Å². The minimum absolute atomic E-state index is 0.0266. The summed E-state index contributed by atoms with van der Waals surface area (Å²) in [5, 5.41) is 12.0. The number of piperidine rings is 2. The summed E-state index contributed by atoms with van der Waals surface area (Å²) in [6, 6.07) is 11.4. The van der Waals surface area contributed by atoms with Gasteiger partial charge in [-0.2, -0.15) is 0 Å². The van der Waals surface area contributed by atoms with E-state index in [1.54, 1.807) is 0 Å². The van der Waals surface area contributed by atoms with Crippen LogP contribution in [0.4, 0.5) is 0 Å². The van der Waals surface area contributed by atoms with Gasteiger partial charge in [-0.15, -0.1) is 0 Å². The summed E-state index contributed by atoms with van der Waals surface area (Å²) in [6.07, 6.45) is 9.14. The van der Waals surface area contributed by atoms with Crippen molar-refractivity contribution >= 4 is 6.41 Å². The van der Waals surface area contributed by atoms with E-state index in [1.165, 1.54) is 31.2 Å². The Balaban J connectivity index is 0.000000219. The number of carbonyl (C=O) groups is 1. The molecule has 1 saturated carbocycles. The number of benzene rings is 1. The Bertz CT molecular complexity index is 516. The van der Waals surface area contributed by atoms with E-state index >= 15 is 0 Å². The highest BCUT2D eigenvalue weighted by atomic mass is 16.3. The summed E-state index contributed by atoms with van der Waals surface area (Å²) in [6.45, 7) is 2.91. The summed E-state index contributed by atoms with van der Waals surface area (Å²) in [7, 11) is 0. The van der Waals surface area contributed by atoms with Crippen molar-refractivity contribution in [3.8, 4) is 0 Å². The van der Waals surface area contributed by atoms with Crippen molar-refractivity contribution in [2.24, 2.45) is 5.92 Å². The lowest BCUT2D eigenvalue weighted by atomic mass is 9.69. The lowest BCUT2D eigenvalue weighted by Gasteiger charge is -2.47. The Hall–Kier alpha value is -1.39. The molecule has 1 aromatic carbocycles. The molecule has 1 aromatic rings. The number of aliphatic hydroxyl groups is 1. The lowest BCUT2D eigenvalue weighted by Crippen LogP contribution is -2.49. The fourth-order valence-corrected chi connectivity index (χ4v) is 4.74. The van der Waals surface area contributed by atoms with E-state index in [-0.39, 0.29) is 6.10 Å². The number of aliphatic hydroxyl groups excluding tert-OH is 1. The van der Waals surface area contributed by atoms with Crippen LogP contribution in [0.2, 0.25) is 0 Å². The molecule has 2 heterocycles. The molecule has 0 spiro atoms. The molecule has 2 unspecified atom stereocenters. The normalized spacial score (nSPS) is 30.0. The SMILES string of the molecule is O=CN1CCC(c2ccccc2)[C@H]2CCCCC21.OC1CCNCC1. The summed E-state index contributed by atoms with van der Waals surface area (Å²) in [4.78, 5) is 13.2. The van der Waals surface area contributed by atoms with E-state index in [4.69, 9.17) is 5.11 Å². The first-order valence-electron chi connectivity index (χ1n) is 9.94. The maximum absolute atomic E-state index is 11.2. The third-order valence-electron chi connectivity index (χ3n) is 6.09. The Morgan fingerprint density at radius 3 is 2.36 bits per heavy atom. The number of hydrogen-bond donors (Lipinski definition) is 2. The van der Waals surface area contributed by atoms with Crippen LogP contribution in [-0.2, 0) is 4.79 Å². The smallest absolute Gasteiger partial charge is 0.209 e.